The molecule has 1 amide bonds. The van der Waals surface area contributed by atoms with Crippen molar-refractivity contribution in [2.24, 2.45) is 0 Å². The number of carbonyl (C=O) groups is 2. The van der Waals surface area contributed by atoms with E-state index in [1.807, 2.05) is 54.6 Å². The third-order valence-electron chi connectivity index (χ3n) is 5.06. The van der Waals surface area contributed by atoms with Gasteiger partial charge in [0.25, 0.3) is 5.91 Å². The molecular formula is C26H26N2O4S. The Labute approximate surface area is 199 Å². The Hall–Kier alpha value is -3.58. The number of aromatic nitrogens is 1. The third-order valence-corrected chi connectivity index (χ3v) is 5.29. The molecule has 170 valence electrons. The van der Waals surface area contributed by atoms with Gasteiger partial charge in [0.2, 0.25) is 0 Å². The number of rotatable bonds is 11. The summed E-state index contributed by atoms with van der Waals surface area (Å²) >= 11 is 4.86. The number of thiocarbonyl (C=S) groups is 1. The van der Waals surface area contributed by atoms with Crippen molar-refractivity contribution in [3.63, 3.8) is 0 Å². The minimum absolute atomic E-state index is 0.329. The van der Waals surface area contributed by atoms with Crippen molar-refractivity contribution < 1.29 is 19.1 Å². The predicted octanol–water partition coefficient (Wildman–Crippen LogP) is 4.77. The van der Waals surface area contributed by atoms with E-state index >= 15 is 0 Å². The summed E-state index contributed by atoms with van der Waals surface area (Å²) < 4.78 is 10.7. The Morgan fingerprint density at radius 1 is 1.12 bits per heavy atom. The van der Waals surface area contributed by atoms with Crippen LogP contribution in [-0.4, -0.2) is 35.4 Å². The van der Waals surface area contributed by atoms with Crippen LogP contribution in [0, 0.1) is 0 Å². The van der Waals surface area contributed by atoms with Gasteiger partial charge in [0.05, 0.1) is 13.3 Å². The van der Waals surface area contributed by atoms with Crippen molar-refractivity contribution in [3.8, 4) is 16.9 Å². The number of hydrogen-bond acceptors (Lipinski definition) is 6. The van der Waals surface area contributed by atoms with Crippen LogP contribution >= 0.6 is 12.2 Å². The predicted molar refractivity (Wildman–Crippen MR) is 131 cm³/mol. The van der Waals surface area contributed by atoms with Crippen molar-refractivity contribution in [1.29, 1.82) is 0 Å². The number of pyridine rings is 1. The molecule has 0 aliphatic heterocycles. The summed E-state index contributed by atoms with van der Waals surface area (Å²) in [7, 11) is 1.31. The molecule has 0 aliphatic rings. The summed E-state index contributed by atoms with van der Waals surface area (Å²) in [6.45, 7) is 0.329. The number of amides is 1. The molecule has 1 N–H and O–H groups in total. The van der Waals surface area contributed by atoms with E-state index in [1.54, 1.807) is 23.8 Å². The van der Waals surface area contributed by atoms with Gasteiger partial charge < -0.3 is 14.8 Å². The first-order valence-corrected chi connectivity index (χ1v) is 11.1. The average molecular weight is 463 g/mol. The summed E-state index contributed by atoms with van der Waals surface area (Å²) in [4.78, 5) is 29.5. The SMILES string of the molecule is COC(=O)C(CCCC=S)NC(=O)c1ccc(COc2cccnc2)cc1-c1ccccc1. The zero-order valence-electron chi connectivity index (χ0n) is 18.4. The first kappa shape index (κ1) is 24.1. The topological polar surface area (TPSA) is 77.5 Å². The third kappa shape index (κ3) is 6.95. The first-order chi connectivity index (χ1) is 16.1. The second-order valence-electron chi connectivity index (χ2n) is 7.37. The summed E-state index contributed by atoms with van der Waals surface area (Å²) in [6, 6.07) is 18.1. The number of unbranched alkanes of at least 4 members (excludes halogenated alkanes) is 1. The number of methoxy groups -OCH3 is 1. The van der Waals surface area contributed by atoms with E-state index in [2.05, 4.69) is 10.3 Å². The number of esters is 1. The first-order valence-electron chi connectivity index (χ1n) is 10.7. The monoisotopic (exact) mass is 462 g/mol. The quantitative estimate of drug-likeness (QED) is 0.251. The van der Waals surface area contributed by atoms with E-state index in [4.69, 9.17) is 21.7 Å². The van der Waals surface area contributed by atoms with Gasteiger partial charge in [-0.15, -0.1) is 0 Å². The normalized spacial score (nSPS) is 11.3. The molecule has 1 heterocycles. The van der Waals surface area contributed by atoms with E-state index in [0.717, 1.165) is 16.7 Å². The van der Waals surface area contributed by atoms with Gasteiger partial charge >= 0.3 is 5.97 Å². The van der Waals surface area contributed by atoms with Gasteiger partial charge in [-0.2, -0.15) is 0 Å². The van der Waals surface area contributed by atoms with Gasteiger partial charge in [-0.25, -0.2) is 4.79 Å². The van der Waals surface area contributed by atoms with Gasteiger partial charge in [-0.1, -0.05) is 48.6 Å². The Kier molecular flexibility index (Phi) is 9.08. The van der Waals surface area contributed by atoms with Gasteiger partial charge in [0, 0.05) is 11.8 Å². The summed E-state index contributed by atoms with van der Waals surface area (Å²) in [5.74, 6) is -0.153. The lowest BCUT2D eigenvalue weighted by molar-refractivity contribution is -0.143. The molecule has 0 fully saturated rings. The van der Waals surface area contributed by atoms with Gasteiger partial charge in [-0.3, -0.25) is 9.78 Å². The zero-order chi connectivity index (χ0) is 23.5. The smallest absolute Gasteiger partial charge is 0.328 e. The molecule has 7 heteroatoms. The second kappa shape index (κ2) is 12.5. The zero-order valence-corrected chi connectivity index (χ0v) is 19.2. The Bertz CT molecular complexity index is 1070. The van der Waals surface area contributed by atoms with Crippen LogP contribution in [-0.2, 0) is 16.1 Å². The molecule has 0 radical (unpaired) electrons. The highest BCUT2D eigenvalue weighted by atomic mass is 32.1. The Morgan fingerprint density at radius 3 is 2.64 bits per heavy atom. The molecular weight excluding hydrogens is 436 g/mol. The standard InChI is InChI=1S/C26H26N2O4S/c1-31-26(30)24(11-5-6-15-33)28-25(29)22-13-12-19(18-32-21-10-7-14-27-17-21)16-23(22)20-8-3-2-4-9-20/h2-4,7-10,12-17,24H,5-6,11,18H2,1H3,(H,28,29). The van der Waals surface area contributed by atoms with E-state index in [1.165, 1.54) is 7.11 Å². The van der Waals surface area contributed by atoms with Crippen LogP contribution in [0.15, 0.2) is 73.1 Å². The molecule has 6 nitrogen and oxygen atoms in total. The molecule has 33 heavy (non-hydrogen) atoms. The van der Waals surface area contributed by atoms with E-state index in [0.29, 0.717) is 37.2 Å². The number of carbonyl (C=O) groups excluding carboxylic acids is 2. The summed E-state index contributed by atoms with van der Waals surface area (Å²) in [6.07, 6.45) is 5.14. The number of nitrogens with zero attached hydrogens (tertiary/aromatic N) is 1. The number of hydrogen-bond donors (Lipinski definition) is 1. The minimum atomic E-state index is -0.741. The summed E-state index contributed by atoms with van der Waals surface area (Å²) in [5.41, 5.74) is 3.01. The van der Waals surface area contributed by atoms with Crippen molar-refractivity contribution in [1.82, 2.24) is 10.3 Å². The van der Waals surface area contributed by atoms with E-state index in [9.17, 15) is 9.59 Å². The van der Waals surface area contributed by atoms with Crippen LogP contribution in [0.1, 0.15) is 35.2 Å². The highest BCUT2D eigenvalue weighted by Crippen LogP contribution is 2.26. The maximum absolute atomic E-state index is 13.2. The van der Waals surface area contributed by atoms with Crippen LogP contribution in [0.2, 0.25) is 0 Å². The van der Waals surface area contributed by atoms with Crippen LogP contribution in [0.5, 0.6) is 5.75 Å². The molecule has 1 aromatic heterocycles. The largest absolute Gasteiger partial charge is 0.487 e. The molecule has 0 saturated carbocycles. The number of benzene rings is 2. The highest BCUT2D eigenvalue weighted by Gasteiger charge is 2.23. The van der Waals surface area contributed by atoms with E-state index < -0.39 is 12.0 Å². The minimum Gasteiger partial charge on any atom is -0.487 e. The van der Waals surface area contributed by atoms with Crippen molar-refractivity contribution in [2.45, 2.75) is 31.9 Å². The fourth-order valence-electron chi connectivity index (χ4n) is 3.37. The lowest BCUT2D eigenvalue weighted by Crippen LogP contribution is -2.41. The molecule has 2 aromatic carbocycles. The van der Waals surface area contributed by atoms with Crippen molar-refractivity contribution in [3.05, 3.63) is 84.2 Å². The van der Waals surface area contributed by atoms with Gasteiger partial charge in [0.15, 0.2) is 0 Å². The Balaban J connectivity index is 1.85. The van der Waals surface area contributed by atoms with Crippen LogP contribution in [0.4, 0.5) is 0 Å². The lowest BCUT2D eigenvalue weighted by atomic mass is 9.96. The van der Waals surface area contributed by atoms with Gasteiger partial charge in [-0.05, 0) is 65.6 Å². The molecule has 3 rings (SSSR count). The molecule has 3 aromatic rings. The molecule has 0 bridgehead atoms. The maximum Gasteiger partial charge on any atom is 0.328 e. The molecule has 0 spiro atoms. The lowest BCUT2D eigenvalue weighted by Gasteiger charge is -2.18. The maximum atomic E-state index is 13.2. The van der Waals surface area contributed by atoms with Crippen molar-refractivity contribution in [2.75, 3.05) is 7.11 Å². The van der Waals surface area contributed by atoms with Gasteiger partial charge in [0.1, 0.15) is 18.4 Å². The van der Waals surface area contributed by atoms with Crippen molar-refractivity contribution >= 4 is 29.5 Å². The molecule has 0 saturated heterocycles. The van der Waals surface area contributed by atoms with Crippen LogP contribution in [0.25, 0.3) is 11.1 Å². The highest BCUT2D eigenvalue weighted by molar-refractivity contribution is 7.78. The fraction of sp³-hybridized carbons (Fsp3) is 0.231. The molecule has 1 unspecified atom stereocenters. The van der Waals surface area contributed by atoms with Crippen LogP contribution < -0.4 is 10.1 Å². The average Bonchev–Trinajstić information content (AvgIpc) is 2.87. The summed E-state index contributed by atoms with van der Waals surface area (Å²) in [5, 5.41) is 4.45. The number of ether oxygens (including phenoxy) is 2. The molecule has 1 atom stereocenters. The van der Waals surface area contributed by atoms with E-state index in [-0.39, 0.29) is 5.91 Å². The number of nitrogens with one attached hydrogen (secondary N) is 1. The fourth-order valence-corrected chi connectivity index (χ4v) is 3.53. The Morgan fingerprint density at radius 2 is 1.94 bits per heavy atom. The van der Waals surface area contributed by atoms with Crippen LogP contribution in [0.3, 0.4) is 0 Å². The second-order valence-corrected chi connectivity index (χ2v) is 7.70. The molecule has 0 aliphatic carbocycles.